The SMILES string of the molecule is Cl.Nc1cccc(Oc2ccnc3[nH]c(=O)cnc23)c1F. The highest BCUT2D eigenvalue weighted by atomic mass is 35.5. The number of ether oxygens (including phenoxy) is 1. The topological polar surface area (TPSA) is 93.9 Å². The monoisotopic (exact) mass is 308 g/mol. The molecule has 2 heterocycles. The Labute approximate surface area is 124 Å². The first-order valence-corrected chi connectivity index (χ1v) is 5.71. The molecule has 0 aliphatic carbocycles. The van der Waals surface area contributed by atoms with Crippen molar-refractivity contribution in [3.05, 3.63) is 52.8 Å². The van der Waals surface area contributed by atoms with Gasteiger partial charge in [0.1, 0.15) is 5.52 Å². The van der Waals surface area contributed by atoms with Crippen LogP contribution in [0.3, 0.4) is 0 Å². The van der Waals surface area contributed by atoms with Crippen LogP contribution in [0.4, 0.5) is 10.1 Å². The Morgan fingerprint density at radius 3 is 2.81 bits per heavy atom. The average molecular weight is 309 g/mol. The molecule has 108 valence electrons. The van der Waals surface area contributed by atoms with Crippen molar-refractivity contribution in [2.75, 3.05) is 5.73 Å². The highest BCUT2D eigenvalue weighted by Crippen LogP contribution is 2.29. The van der Waals surface area contributed by atoms with E-state index in [1.807, 2.05) is 0 Å². The van der Waals surface area contributed by atoms with Crippen molar-refractivity contribution >= 4 is 29.3 Å². The Bertz CT molecular complexity index is 853. The van der Waals surface area contributed by atoms with Crippen LogP contribution in [-0.4, -0.2) is 15.0 Å². The number of aromatic nitrogens is 3. The molecule has 0 aliphatic rings. The molecule has 0 spiro atoms. The zero-order valence-corrected chi connectivity index (χ0v) is 11.4. The molecule has 21 heavy (non-hydrogen) atoms. The number of aromatic amines is 1. The van der Waals surface area contributed by atoms with Crippen molar-refractivity contribution in [2.45, 2.75) is 0 Å². The van der Waals surface area contributed by atoms with Gasteiger partial charge < -0.3 is 15.5 Å². The first-order valence-electron chi connectivity index (χ1n) is 5.71. The quantitative estimate of drug-likeness (QED) is 0.708. The molecule has 6 nitrogen and oxygen atoms in total. The number of pyridine rings is 1. The van der Waals surface area contributed by atoms with Crippen molar-refractivity contribution in [3.8, 4) is 11.5 Å². The summed E-state index contributed by atoms with van der Waals surface area (Å²) in [5.74, 6) is -0.400. The lowest BCUT2D eigenvalue weighted by Gasteiger charge is -2.09. The van der Waals surface area contributed by atoms with Gasteiger partial charge in [0, 0.05) is 12.3 Å². The van der Waals surface area contributed by atoms with Gasteiger partial charge in [-0.05, 0) is 12.1 Å². The Kier molecular flexibility index (Phi) is 4.04. The van der Waals surface area contributed by atoms with Gasteiger partial charge in [-0.1, -0.05) is 6.07 Å². The van der Waals surface area contributed by atoms with Crippen molar-refractivity contribution in [3.63, 3.8) is 0 Å². The van der Waals surface area contributed by atoms with Crippen molar-refractivity contribution < 1.29 is 9.13 Å². The number of nitrogens with two attached hydrogens (primary N) is 1. The number of nitrogen functional groups attached to an aromatic ring is 1. The number of hydrogen-bond donors (Lipinski definition) is 2. The van der Waals surface area contributed by atoms with E-state index in [0.717, 1.165) is 6.20 Å². The minimum atomic E-state index is -0.651. The maximum absolute atomic E-state index is 13.8. The Morgan fingerprint density at radius 2 is 2.00 bits per heavy atom. The van der Waals surface area contributed by atoms with E-state index >= 15 is 0 Å². The molecule has 3 N–H and O–H groups in total. The predicted octanol–water partition coefficient (Wildman–Crippen LogP) is 2.25. The van der Waals surface area contributed by atoms with Crippen molar-refractivity contribution in [2.24, 2.45) is 0 Å². The van der Waals surface area contributed by atoms with Gasteiger partial charge in [0.05, 0.1) is 11.9 Å². The van der Waals surface area contributed by atoms with Crippen molar-refractivity contribution in [1.29, 1.82) is 0 Å². The van der Waals surface area contributed by atoms with Gasteiger partial charge >= 0.3 is 0 Å². The number of hydrogen-bond acceptors (Lipinski definition) is 5. The van der Waals surface area contributed by atoms with Gasteiger partial charge in [0.25, 0.3) is 5.56 Å². The molecule has 0 radical (unpaired) electrons. The third-order valence-electron chi connectivity index (χ3n) is 2.65. The molecular weight excluding hydrogens is 299 g/mol. The second-order valence-corrected chi connectivity index (χ2v) is 4.02. The zero-order valence-electron chi connectivity index (χ0n) is 10.5. The predicted molar refractivity (Wildman–Crippen MR) is 78.3 cm³/mol. The summed E-state index contributed by atoms with van der Waals surface area (Å²) < 4.78 is 19.3. The Morgan fingerprint density at radius 1 is 1.19 bits per heavy atom. The summed E-state index contributed by atoms with van der Waals surface area (Å²) in [6.45, 7) is 0. The van der Waals surface area contributed by atoms with Crippen LogP contribution in [-0.2, 0) is 0 Å². The fourth-order valence-electron chi connectivity index (χ4n) is 1.73. The lowest BCUT2D eigenvalue weighted by molar-refractivity contribution is 0.447. The summed E-state index contributed by atoms with van der Waals surface area (Å²) in [5, 5.41) is 0. The van der Waals surface area contributed by atoms with E-state index in [4.69, 9.17) is 10.5 Å². The smallest absolute Gasteiger partial charge is 0.268 e. The fourth-order valence-corrected chi connectivity index (χ4v) is 1.73. The summed E-state index contributed by atoms with van der Waals surface area (Å²) in [4.78, 5) is 21.6. The molecule has 2 aromatic heterocycles. The molecule has 0 aliphatic heterocycles. The fraction of sp³-hybridized carbons (Fsp3) is 0. The molecule has 3 rings (SSSR count). The minimum Gasteiger partial charge on any atom is -0.452 e. The maximum atomic E-state index is 13.8. The second kappa shape index (κ2) is 5.76. The van der Waals surface area contributed by atoms with Crippen LogP contribution in [0.2, 0.25) is 0 Å². The molecule has 0 atom stereocenters. The molecule has 0 saturated carbocycles. The third kappa shape index (κ3) is 2.77. The first-order chi connectivity index (χ1) is 9.65. The molecule has 3 aromatic rings. The van der Waals surface area contributed by atoms with E-state index in [-0.39, 0.29) is 40.8 Å². The van der Waals surface area contributed by atoms with Crippen LogP contribution in [0.15, 0.2) is 41.5 Å². The van der Waals surface area contributed by atoms with E-state index in [0.29, 0.717) is 5.52 Å². The molecule has 0 unspecified atom stereocenters. The number of nitrogens with one attached hydrogen (secondary N) is 1. The second-order valence-electron chi connectivity index (χ2n) is 4.02. The average Bonchev–Trinajstić information content (AvgIpc) is 2.44. The molecular formula is C13H10ClFN4O2. The van der Waals surface area contributed by atoms with Gasteiger partial charge in [-0.2, -0.15) is 0 Å². The van der Waals surface area contributed by atoms with Crippen LogP contribution in [0.25, 0.3) is 11.2 Å². The van der Waals surface area contributed by atoms with E-state index in [9.17, 15) is 9.18 Å². The largest absolute Gasteiger partial charge is 0.452 e. The summed E-state index contributed by atoms with van der Waals surface area (Å²) in [5.41, 5.74) is 5.68. The number of halogens is 2. The first kappa shape index (κ1) is 14.7. The number of benzene rings is 1. The summed E-state index contributed by atoms with van der Waals surface area (Å²) in [6.07, 6.45) is 2.53. The molecule has 1 aromatic carbocycles. The maximum Gasteiger partial charge on any atom is 0.268 e. The van der Waals surface area contributed by atoms with Crippen LogP contribution in [0, 0.1) is 5.82 Å². The normalized spacial score (nSPS) is 10.1. The van der Waals surface area contributed by atoms with Gasteiger partial charge in [-0.3, -0.25) is 4.79 Å². The molecule has 0 bridgehead atoms. The van der Waals surface area contributed by atoms with E-state index in [1.165, 1.54) is 24.4 Å². The van der Waals surface area contributed by atoms with Crippen molar-refractivity contribution in [1.82, 2.24) is 15.0 Å². The van der Waals surface area contributed by atoms with Gasteiger partial charge in [-0.25, -0.2) is 14.4 Å². The van der Waals surface area contributed by atoms with E-state index in [2.05, 4.69) is 15.0 Å². The third-order valence-corrected chi connectivity index (χ3v) is 2.65. The Hall–Kier alpha value is -2.67. The molecule has 8 heteroatoms. The number of anilines is 1. The lowest BCUT2D eigenvalue weighted by Crippen LogP contribution is -2.06. The molecule has 0 amide bonds. The molecule has 0 fully saturated rings. The van der Waals surface area contributed by atoms with Gasteiger partial charge in [0.15, 0.2) is 23.0 Å². The summed E-state index contributed by atoms with van der Waals surface area (Å²) in [7, 11) is 0. The van der Waals surface area contributed by atoms with E-state index in [1.54, 1.807) is 6.07 Å². The Balaban J connectivity index is 0.00000161. The summed E-state index contributed by atoms with van der Waals surface area (Å²) in [6, 6.07) is 5.98. The van der Waals surface area contributed by atoms with E-state index < -0.39 is 5.82 Å². The minimum absolute atomic E-state index is 0. The van der Waals surface area contributed by atoms with Gasteiger partial charge in [-0.15, -0.1) is 12.4 Å². The van der Waals surface area contributed by atoms with Crippen LogP contribution >= 0.6 is 12.4 Å². The van der Waals surface area contributed by atoms with Gasteiger partial charge in [0.2, 0.25) is 0 Å². The lowest BCUT2D eigenvalue weighted by atomic mass is 10.3. The zero-order chi connectivity index (χ0) is 14.1. The number of rotatable bonds is 2. The summed E-state index contributed by atoms with van der Waals surface area (Å²) >= 11 is 0. The van der Waals surface area contributed by atoms with Crippen LogP contribution in [0.1, 0.15) is 0 Å². The highest BCUT2D eigenvalue weighted by Gasteiger charge is 2.11. The number of fused-ring (bicyclic) bond motifs is 1. The standard InChI is InChI=1S/C13H9FN4O2.ClH/c14-11-7(15)2-1-3-8(11)20-9-4-5-16-13-12(9)17-6-10(19)18-13;/h1-6H,15H2,(H,16,18,19);1H. The number of nitrogens with zero attached hydrogens (tertiary/aromatic N) is 2. The highest BCUT2D eigenvalue weighted by molar-refractivity contribution is 5.85. The van der Waals surface area contributed by atoms with Crippen LogP contribution in [0.5, 0.6) is 11.5 Å². The van der Waals surface area contributed by atoms with Crippen LogP contribution < -0.4 is 16.0 Å². The molecule has 0 saturated heterocycles. The number of H-pyrrole nitrogens is 1.